The van der Waals surface area contributed by atoms with Crippen molar-refractivity contribution < 1.29 is 0 Å². The summed E-state index contributed by atoms with van der Waals surface area (Å²) in [5, 5.41) is 4.25. The summed E-state index contributed by atoms with van der Waals surface area (Å²) in [6.07, 6.45) is 3.96. The van der Waals surface area contributed by atoms with Gasteiger partial charge in [0.05, 0.1) is 11.4 Å². The third-order valence-electron chi connectivity index (χ3n) is 3.66. The van der Waals surface area contributed by atoms with E-state index in [1.165, 1.54) is 25.8 Å². The maximum atomic E-state index is 5.99. The van der Waals surface area contributed by atoms with Crippen molar-refractivity contribution in [1.29, 1.82) is 0 Å². The van der Waals surface area contributed by atoms with Crippen LogP contribution >= 0.6 is 11.6 Å². The second-order valence-corrected chi connectivity index (χ2v) is 5.52. The second-order valence-electron chi connectivity index (χ2n) is 5.09. The van der Waals surface area contributed by atoms with E-state index in [1.807, 2.05) is 18.2 Å². The van der Waals surface area contributed by atoms with Gasteiger partial charge in [0.2, 0.25) is 0 Å². The Bertz CT molecular complexity index is 417. The third kappa shape index (κ3) is 2.50. The van der Waals surface area contributed by atoms with Crippen molar-refractivity contribution in [3.8, 4) is 0 Å². The molecule has 1 unspecified atom stereocenters. The number of anilines is 2. The number of rotatable bonds is 3. The van der Waals surface area contributed by atoms with Crippen LogP contribution in [0.15, 0.2) is 18.2 Å². The number of likely N-dealkylation sites (tertiary alicyclic amines) is 1. The van der Waals surface area contributed by atoms with Gasteiger partial charge >= 0.3 is 0 Å². The van der Waals surface area contributed by atoms with Gasteiger partial charge in [-0.2, -0.15) is 0 Å². The largest absolute Gasteiger partial charge is 0.397 e. The number of hydrogen-bond donors (Lipinski definition) is 2. The van der Waals surface area contributed by atoms with Crippen molar-refractivity contribution in [2.75, 3.05) is 24.1 Å². The average Bonchev–Trinajstić information content (AvgIpc) is 3.05. The predicted molar refractivity (Wildman–Crippen MR) is 72.5 cm³/mol. The summed E-state index contributed by atoms with van der Waals surface area (Å²) in [6, 6.07) is 6.97. The molecule has 1 saturated heterocycles. The molecule has 3 nitrogen and oxygen atoms in total. The lowest BCUT2D eigenvalue weighted by atomic mass is 10.2. The van der Waals surface area contributed by atoms with Crippen LogP contribution < -0.4 is 11.1 Å². The molecule has 1 saturated carbocycles. The first-order chi connectivity index (χ1) is 8.22. The molecule has 1 atom stereocenters. The Morgan fingerprint density at radius 3 is 2.88 bits per heavy atom. The fraction of sp³-hybridized carbons (Fsp3) is 0.538. The van der Waals surface area contributed by atoms with Crippen LogP contribution in [0.3, 0.4) is 0 Å². The van der Waals surface area contributed by atoms with Crippen molar-refractivity contribution in [1.82, 2.24) is 4.90 Å². The minimum Gasteiger partial charge on any atom is -0.397 e. The summed E-state index contributed by atoms with van der Waals surface area (Å²) in [7, 11) is 0. The maximum Gasteiger partial charge on any atom is 0.0591 e. The van der Waals surface area contributed by atoms with Crippen molar-refractivity contribution in [3.63, 3.8) is 0 Å². The molecule has 4 heteroatoms. The van der Waals surface area contributed by atoms with E-state index in [0.29, 0.717) is 6.04 Å². The quantitative estimate of drug-likeness (QED) is 0.812. The smallest absolute Gasteiger partial charge is 0.0591 e. The van der Waals surface area contributed by atoms with E-state index in [4.69, 9.17) is 17.3 Å². The molecular weight excluding hydrogens is 234 g/mol. The highest BCUT2D eigenvalue weighted by molar-refractivity contribution is 6.31. The molecule has 0 spiro atoms. The third-order valence-corrected chi connectivity index (χ3v) is 3.89. The summed E-state index contributed by atoms with van der Waals surface area (Å²) in [6.45, 7) is 2.35. The van der Waals surface area contributed by atoms with Crippen LogP contribution in [0.2, 0.25) is 5.02 Å². The van der Waals surface area contributed by atoms with Crippen molar-refractivity contribution in [2.45, 2.75) is 31.3 Å². The number of hydrogen-bond acceptors (Lipinski definition) is 3. The lowest BCUT2D eigenvalue weighted by Gasteiger charge is -2.17. The summed E-state index contributed by atoms with van der Waals surface area (Å²) in [5.74, 6) is 0. The maximum absolute atomic E-state index is 5.99. The molecule has 3 rings (SSSR count). The van der Waals surface area contributed by atoms with Gasteiger partial charge in [0.1, 0.15) is 0 Å². The van der Waals surface area contributed by atoms with E-state index in [9.17, 15) is 0 Å². The molecule has 2 fully saturated rings. The minimum absolute atomic E-state index is 0.511. The molecule has 2 aliphatic rings. The first-order valence-corrected chi connectivity index (χ1v) is 6.66. The van der Waals surface area contributed by atoms with Gasteiger partial charge in [0.15, 0.2) is 0 Å². The number of nitrogens with one attached hydrogen (secondary N) is 1. The minimum atomic E-state index is 0.511. The van der Waals surface area contributed by atoms with E-state index < -0.39 is 0 Å². The Labute approximate surface area is 107 Å². The van der Waals surface area contributed by atoms with Gasteiger partial charge in [-0.15, -0.1) is 0 Å². The summed E-state index contributed by atoms with van der Waals surface area (Å²) < 4.78 is 0. The SMILES string of the molecule is Nc1ccc(Cl)cc1NC1CCN(C2CC2)C1. The van der Waals surface area contributed by atoms with Crippen LogP contribution in [-0.2, 0) is 0 Å². The molecule has 1 aliphatic carbocycles. The molecule has 92 valence electrons. The zero-order valence-corrected chi connectivity index (χ0v) is 10.6. The first kappa shape index (κ1) is 11.2. The van der Waals surface area contributed by atoms with Crippen molar-refractivity contribution in [2.24, 2.45) is 0 Å². The van der Waals surface area contributed by atoms with E-state index in [1.54, 1.807) is 0 Å². The Morgan fingerprint density at radius 2 is 2.12 bits per heavy atom. The van der Waals surface area contributed by atoms with Gasteiger partial charge in [-0.3, -0.25) is 4.90 Å². The van der Waals surface area contributed by atoms with Gasteiger partial charge in [-0.05, 0) is 37.5 Å². The Kier molecular flexibility index (Phi) is 2.89. The molecule has 0 bridgehead atoms. The fourth-order valence-electron chi connectivity index (χ4n) is 2.55. The van der Waals surface area contributed by atoms with Crippen LogP contribution in [0.25, 0.3) is 0 Å². The van der Waals surface area contributed by atoms with E-state index in [0.717, 1.165) is 29.0 Å². The van der Waals surface area contributed by atoms with Crippen LogP contribution in [0, 0.1) is 0 Å². The highest BCUT2D eigenvalue weighted by Gasteiger charge is 2.34. The van der Waals surface area contributed by atoms with Gasteiger partial charge < -0.3 is 11.1 Å². The zero-order valence-electron chi connectivity index (χ0n) is 9.82. The molecule has 0 amide bonds. The molecule has 17 heavy (non-hydrogen) atoms. The number of benzene rings is 1. The molecule has 1 heterocycles. The number of halogens is 1. The second kappa shape index (κ2) is 4.39. The van der Waals surface area contributed by atoms with E-state index >= 15 is 0 Å². The molecule has 1 aromatic carbocycles. The summed E-state index contributed by atoms with van der Waals surface area (Å²) >= 11 is 5.99. The molecule has 3 N–H and O–H groups in total. The van der Waals surface area contributed by atoms with Crippen LogP contribution in [0.4, 0.5) is 11.4 Å². The monoisotopic (exact) mass is 251 g/mol. The van der Waals surface area contributed by atoms with E-state index in [-0.39, 0.29) is 0 Å². The van der Waals surface area contributed by atoms with Crippen LogP contribution in [-0.4, -0.2) is 30.1 Å². The molecule has 1 aromatic rings. The average molecular weight is 252 g/mol. The standard InChI is InChI=1S/C13H18ClN3/c14-9-1-4-12(15)13(7-9)16-10-5-6-17(8-10)11-2-3-11/h1,4,7,10-11,16H,2-3,5-6,8,15H2. The molecular formula is C13H18ClN3. The topological polar surface area (TPSA) is 41.3 Å². The number of nitrogen functional groups attached to an aromatic ring is 1. The molecule has 0 radical (unpaired) electrons. The predicted octanol–water partition coefficient (Wildman–Crippen LogP) is 2.57. The molecule has 1 aliphatic heterocycles. The van der Waals surface area contributed by atoms with Crippen LogP contribution in [0.1, 0.15) is 19.3 Å². The van der Waals surface area contributed by atoms with E-state index in [2.05, 4.69) is 10.2 Å². The number of nitrogens with zero attached hydrogens (tertiary/aromatic N) is 1. The lowest BCUT2D eigenvalue weighted by Crippen LogP contribution is -2.27. The highest BCUT2D eigenvalue weighted by Crippen LogP contribution is 2.31. The normalized spacial score (nSPS) is 25.1. The van der Waals surface area contributed by atoms with Gasteiger partial charge in [-0.1, -0.05) is 11.6 Å². The van der Waals surface area contributed by atoms with Gasteiger partial charge in [-0.25, -0.2) is 0 Å². The summed E-state index contributed by atoms with van der Waals surface area (Å²) in [4.78, 5) is 2.58. The first-order valence-electron chi connectivity index (χ1n) is 6.28. The lowest BCUT2D eigenvalue weighted by molar-refractivity contribution is 0.326. The molecule has 0 aromatic heterocycles. The Hall–Kier alpha value is -0.930. The van der Waals surface area contributed by atoms with Crippen LogP contribution in [0.5, 0.6) is 0 Å². The zero-order chi connectivity index (χ0) is 11.8. The summed E-state index contributed by atoms with van der Waals surface area (Å²) in [5.41, 5.74) is 7.69. The highest BCUT2D eigenvalue weighted by atomic mass is 35.5. The fourth-order valence-corrected chi connectivity index (χ4v) is 2.72. The Morgan fingerprint density at radius 1 is 1.29 bits per heavy atom. The van der Waals surface area contributed by atoms with Crippen molar-refractivity contribution >= 4 is 23.0 Å². The number of nitrogens with two attached hydrogens (primary N) is 1. The van der Waals surface area contributed by atoms with Crippen molar-refractivity contribution in [3.05, 3.63) is 23.2 Å². The van der Waals surface area contributed by atoms with Gasteiger partial charge in [0.25, 0.3) is 0 Å². The van der Waals surface area contributed by atoms with Gasteiger partial charge in [0, 0.05) is 30.2 Å². The Balaban J connectivity index is 1.64.